The molecule has 3 rings (SSSR count). The van der Waals surface area contributed by atoms with Crippen LogP contribution in [0.5, 0.6) is 0 Å². The third-order valence-corrected chi connectivity index (χ3v) is 5.02. The summed E-state index contributed by atoms with van der Waals surface area (Å²) in [6.07, 6.45) is 0. The highest BCUT2D eigenvalue weighted by Gasteiger charge is 2.19. The first-order chi connectivity index (χ1) is 15.2. The molecule has 1 atom stereocenters. The number of carbonyl (C=O) groups excluding carboxylic acids is 2. The summed E-state index contributed by atoms with van der Waals surface area (Å²) in [6.45, 7) is 7.00. The molecule has 166 valence electrons. The summed E-state index contributed by atoms with van der Waals surface area (Å²) in [5.74, 6) is -1.43. The highest BCUT2D eigenvalue weighted by atomic mass is 19.1. The van der Waals surface area contributed by atoms with Gasteiger partial charge in [-0.15, -0.1) is 0 Å². The quantitative estimate of drug-likeness (QED) is 0.607. The number of benzene rings is 2. The lowest BCUT2D eigenvalue weighted by molar-refractivity contribution is -0.119. The lowest BCUT2D eigenvalue weighted by Crippen LogP contribution is -2.33. The van der Waals surface area contributed by atoms with E-state index in [1.807, 2.05) is 19.1 Å². The monoisotopic (exact) mass is 436 g/mol. The van der Waals surface area contributed by atoms with Crippen molar-refractivity contribution in [2.24, 2.45) is 5.92 Å². The summed E-state index contributed by atoms with van der Waals surface area (Å²) in [5.41, 5.74) is 2.21. The van der Waals surface area contributed by atoms with Crippen molar-refractivity contribution in [2.45, 2.75) is 33.7 Å². The topological polar surface area (TPSA) is 93.1 Å². The van der Waals surface area contributed by atoms with Crippen molar-refractivity contribution in [2.75, 3.05) is 10.6 Å². The molecule has 0 fully saturated rings. The zero-order valence-corrected chi connectivity index (χ0v) is 18.3. The van der Waals surface area contributed by atoms with Gasteiger partial charge in [0.2, 0.25) is 11.8 Å². The van der Waals surface area contributed by atoms with E-state index in [0.29, 0.717) is 16.9 Å². The van der Waals surface area contributed by atoms with Crippen LogP contribution in [0, 0.1) is 18.7 Å². The Balaban J connectivity index is 1.90. The van der Waals surface area contributed by atoms with E-state index in [-0.39, 0.29) is 17.5 Å². The summed E-state index contributed by atoms with van der Waals surface area (Å²) >= 11 is 0. The van der Waals surface area contributed by atoms with Crippen molar-refractivity contribution in [3.8, 4) is 11.3 Å². The number of aryl methyl sites for hydroxylation is 1. The van der Waals surface area contributed by atoms with E-state index in [4.69, 9.17) is 0 Å². The molecule has 2 amide bonds. The lowest BCUT2D eigenvalue weighted by Gasteiger charge is -2.16. The fourth-order valence-electron chi connectivity index (χ4n) is 2.96. The molecule has 0 aliphatic carbocycles. The molecular weight excluding hydrogens is 411 g/mol. The Kier molecular flexibility index (Phi) is 6.82. The number of aromatic nitrogens is 2. The minimum atomic E-state index is -0.979. The molecule has 0 saturated heterocycles. The van der Waals surface area contributed by atoms with Crippen molar-refractivity contribution in [1.82, 2.24) is 9.78 Å². The molecule has 2 N–H and O–H groups in total. The van der Waals surface area contributed by atoms with Gasteiger partial charge in [-0.3, -0.25) is 14.4 Å². The first-order valence-electron chi connectivity index (χ1n) is 10.2. The minimum absolute atomic E-state index is 0.0256. The van der Waals surface area contributed by atoms with E-state index in [0.717, 1.165) is 10.2 Å². The third-order valence-electron chi connectivity index (χ3n) is 5.02. The standard InChI is InChI=1S/C24H25FN4O3/c1-14(2)23(31)27-21-13-17(10-9-15(21)3)19-11-12-22(30)29(28-19)16(4)24(32)26-20-8-6-5-7-18(20)25/h5-14,16H,1-4H3,(H,26,32)(H,27,31)/t16-/m0/s1. The number of halogens is 1. The van der Waals surface area contributed by atoms with Gasteiger partial charge in [0.15, 0.2) is 0 Å². The molecule has 0 saturated carbocycles. The van der Waals surface area contributed by atoms with E-state index in [9.17, 15) is 18.8 Å². The normalized spacial score (nSPS) is 11.8. The summed E-state index contributed by atoms with van der Waals surface area (Å²) in [5, 5.41) is 9.72. The van der Waals surface area contributed by atoms with Gasteiger partial charge in [-0.05, 0) is 43.7 Å². The number of hydrogen-bond donors (Lipinski definition) is 2. The average molecular weight is 436 g/mol. The number of hydrogen-bond acceptors (Lipinski definition) is 4. The zero-order chi connectivity index (χ0) is 23.4. The molecule has 0 spiro atoms. The third kappa shape index (κ3) is 5.08. The summed E-state index contributed by atoms with van der Waals surface area (Å²) < 4.78 is 14.9. The highest BCUT2D eigenvalue weighted by Crippen LogP contribution is 2.24. The van der Waals surface area contributed by atoms with Gasteiger partial charge in [0.1, 0.15) is 11.9 Å². The van der Waals surface area contributed by atoms with Crippen LogP contribution in [0.25, 0.3) is 11.3 Å². The fourth-order valence-corrected chi connectivity index (χ4v) is 2.96. The maximum absolute atomic E-state index is 13.9. The number of rotatable bonds is 6. The second-order valence-corrected chi connectivity index (χ2v) is 7.82. The van der Waals surface area contributed by atoms with Gasteiger partial charge < -0.3 is 10.6 Å². The molecule has 0 aliphatic heterocycles. The molecule has 8 heteroatoms. The van der Waals surface area contributed by atoms with Crippen LogP contribution >= 0.6 is 0 Å². The van der Waals surface area contributed by atoms with E-state index in [1.165, 1.54) is 31.2 Å². The molecule has 1 heterocycles. The van der Waals surface area contributed by atoms with Crippen LogP contribution in [-0.2, 0) is 9.59 Å². The van der Waals surface area contributed by atoms with E-state index in [1.54, 1.807) is 32.0 Å². The van der Waals surface area contributed by atoms with Crippen LogP contribution in [0.1, 0.15) is 32.4 Å². The van der Waals surface area contributed by atoms with Crippen LogP contribution in [0.4, 0.5) is 15.8 Å². The Bertz CT molecular complexity index is 1220. The van der Waals surface area contributed by atoms with Gasteiger partial charge in [-0.1, -0.05) is 38.1 Å². The molecule has 3 aromatic rings. The van der Waals surface area contributed by atoms with Crippen molar-refractivity contribution < 1.29 is 14.0 Å². The Morgan fingerprint density at radius 2 is 1.62 bits per heavy atom. The van der Waals surface area contributed by atoms with Crippen LogP contribution in [0.15, 0.2) is 59.4 Å². The molecule has 0 radical (unpaired) electrons. The van der Waals surface area contributed by atoms with Gasteiger partial charge in [0, 0.05) is 23.2 Å². The number of nitrogens with zero attached hydrogens (tertiary/aromatic N) is 2. The number of carbonyl (C=O) groups is 2. The maximum atomic E-state index is 13.9. The summed E-state index contributed by atoms with van der Waals surface area (Å²) in [7, 11) is 0. The van der Waals surface area contributed by atoms with Crippen molar-refractivity contribution >= 4 is 23.2 Å². The molecule has 7 nitrogen and oxygen atoms in total. The van der Waals surface area contributed by atoms with Crippen LogP contribution in [0.2, 0.25) is 0 Å². The number of para-hydroxylation sites is 1. The zero-order valence-electron chi connectivity index (χ0n) is 18.3. The molecular formula is C24H25FN4O3. The van der Waals surface area contributed by atoms with E-state index in [2.05, 4.69) is 15.7 Å². The average Bonchev–Trinajstić information content (AvgIpc) is 2.76. The van der Waals surface area contributed by atoms with Crippen LogP contribution in [-0.4, -0.2) is 21.6 Å². The molecule has 0 unspecified atom stereocenters. The second-order valence-electron chi connectivity index (χ2n) is 7.82. The predicted octanol–water partition coefficient (Wildman–Crippen LogP) is 4.15. The molecule has 32 heavy (non-hydrogen) atoms. The van der Waals surface area contributed by atoms with Gasteiger partial charge in [0.25, 0.3) is 5.56 Å². The number of nitrogens with one attached hydrogen (secondary N) is 2. The van der Waals surface area contributed by atoms with Gasteiger partial charge in [0.05, 0.1) is 11.4 Å². The second kappa shape index (κ2) is 9.55. The Labute approximate surface area is 185 Å². The Morgan fingerprint density at radius 1 is 0.938 bits per heavy atom. The highest BCUT2D eigenvalue weighted by molar-refractivity contribution is 5.94. The molecule has 0 bridgehead atoms. The first kappa shape index (κ1) is 22.9. The van der Waals surface area contributed by atoms with Crippen molar-refractivity contribution in [1.29, 1.82) is 0 Å². The molecule has 0 aliphatic rings. The summed E-state index contributed by atoms with van der Waals surface area (Å²) in [4.78, 5) is 37.1. The van der Waals surface area contributed by atoms with Crippen molar-refractivity contribution in [3.05, 3.63) is 76.3 Å². The SMILES string of the molecule is Cc1ccc(-c2ccc(=O)n([C@@H](C)C(=O)Nc3ccccc3F)n2)cc1NC(=O)C(C)C. The smallest absolute Gasteiger partial charge is 0.267 e. The van der Waals surface area contributed by atoms with E-state index < -0.39 is 23.3 Å². The summed E-state index contributed by atoms with van der Waals surface area (Å²) in [6, 6.07) is 13.1. The first-order valence-corrected chi connectivity index (χ1v) is 10.2. The Hall–Kier alpha value is -3.81. The molecule has 2 aromatic carbocycles. The number of anilines is 2. The van der Waals surface area contributed by atoms with Gasteiger partial charge in [-0.2, -0.15) is 5.10 Å². The predicted molar refractivity (Wildman–Crippen MR) is 122 cm³/mol. The lowest BCUT2D eigenvalue weighted by atomic mass is 10.1. The largest absolute Gasteiger partial charge is 0.326 e. The molecule has 1 aromatic heterocycles. The van der Waals surface area contributed by atoms with Gasteiger partial charge in [-0.25, -0.2) is 9.07 Å². The number of amides is 2. The van der Waals surface area contributed by atoms with Gasteiger partial charge >= 0.3 is 0 Å². The van der Waals surface area contributed by atoms with Crippen molar-refractivity contribution in [3.63, 3.8) is 0 Å². The van der Waals surface area contributed by atoms with E-state index >= 15 is 0 Å². The van der Waals surface area contributed by atoms with Crippen LogP contribution < -0.4 is 16.2 Å². The van der Waals surface area contributed by atoms with Crippen LogP contribution in [0.3, 0.4) is 0 Å². The maximum Gasteiger partial charge on any atom is 0.267 e. The minimum Gasteiger partial charge on any atom is -0.326 e. The fraction of sp³-hybridized carbons (Fsp3) is 0.250. The Morgan fingerprint density at radius 3 is 2.31 bits per heavy atom.